The summed E-state index contributed by atoms with van der Waals surface area (Å²) in [7, 11) is 0. The van der Waals surface area contributed by atoms with Crippen LogP contribution in [0.4, 0.5) is 17.6 Å². The Morgan fingerprint density at radius 3 is 2.45 bits per heavy atom. The minimum Gasteiger partial charge on any atom is -0.381 e. The maximum Gasteiger partial charge on any atom is 0.298 e. The summed E-state index contributed by atoms with van der Waals surface area (Å²) in [6.45, 7) is 4.59. The van der Waals surface area contributed by atoms with Crippen molar-refractivity contribution in [2.75, 3.05) is 0 Å². The Kier molecular flexibility index (Phi) is 5.10. The van der Waals surface area contributed by atoms with Crippen molar-refractivity contribution in [3.8, 4) is 0 Å². The number of aliphatic hydroxyl groups is 1. The first-order valence-electron chi connectivity index (χ1n) is 10.3. The highest BCUT2D eigenvalue weighted by atomic mass is 35.5. The monoisotopic (exact) mass is 482 g/mol. The van der Waals surface area contributed by atoms with Gasteiger partial charge in [-0.3, -0.25) is 9.59 Å². The molecule has 31 heavy (non-hydrogen) atoms. The Balaban J connectivity index is 1.89. The highest BCUT2D eigenvalue weighted by Gasteiger charge is 2.76. The van der Waals surface area contributed by atoms with Crippen LogP contribution in [0.25, 0.3) is 0 Å². The van der Waals surface area contributed by atoms with Crippen LogP contribution in [0.15, 0.2) is 23.6 Å². The van der Waals surface area contributed by atoms with Gasteiger partial charge in [-0.15, -0.1) is 23.2 Å². The summed E-state index contributed by atoms with van der Waals surface area (Å²) >= 11 is 13.9. The van der Waals surface area contributed by atoms with Crippen LogP contribution in [0.2, 0.25) is 0 Å². The number of fused-ring (bicyclic) bond motifs is 5. The molecule has 4 aliphatic rings. The van der Waals surface area contributed by atoms with Crippen LogP contribution in [0.5, 0.6) is 0 Å². The van der Waals surface area contributed by atoms with E-state index in [-0.39, 0.29) is 24.8 Å². The van der Waals surface area contributed by atoms with E-state index in [1.807, 2.05) is 0 Å². The van der Waals surface area contributed by atoms with E-state index in [4.69, 9.17) is 23.2 Å². The smallest absolute Gasteiger partial charge is 0.298 e. The number of carbonyl (C=O) groups is 2. The first-order valence-corrected chi connectivity index (χ1v) is 11.1. The highest BCUT2D eigenvalue weighted by Crippen LogP contribution is 2.73. The molecule has 0 aromatic carbocycles. The highest BCUT2D eigenvalue weighted by molar-refractivity contribution is 6.34. The maximum absolute atomic E-state index is 15.4. The molecule has 0 spiro atoms. The van der Waals surface area contributed by atoms with E-state index < -0.39 is 74.4 Å². The van der Waals surface area contributed by atoms with Gasteiger partial charge in [0.05, 0.1) is 10.3 Å². The topological polar surface area (TPSA) is 54.4 Å². The minimum absolute atomic E-state index is 0.0955. The SMILES string of the molecule is CC1C[C@H]2[C@@H]3CC(F)C4=C(F)C(=O)C=C[C@]4(C)[C@@]3(Cl)C(Cl)C[C@]2(C)[C@@]1(O)C(=O)C(F)F. The van der Waals surface area contributed by atoms with Gasteiger partial charge >= 0.3 is 0 Å². The van der Waals surface area contributed by atoms with Crippen molar-refractivity contribution in [2.24, 2.45) is 28.6 Å². The molecule has 3 saturated carbocycles. The molecular formula is C22H24Cl2F4O3. The molecule has 3 unspecified atom stereocenters. The Bertz CT molecular complexity index is 922. The van der Waals surface area contributed by atoms with E-state index >= 15 is 4.39 Å². The average molecular weight is 483 g/mol. The van der Waals surface area contributed by atoms with Crippen molar-refractivity contribution < 1.29 is 32.3 Å². The summed E-state index contributed by atoms with van der Waals surface area (Å²) in [6, 6.07) is 0. The number of alkyl halides is 5. The molecular weight excluding hydrogens is 459 g/mol. The number of halogens is 6. The lowest BCUT2D eigenvalue weighted by molar-refractivity contribution is -0.176. The standard InChI is InChI=1S/C22H24Cl2F4O3/c1-9-6-10-11-7-12(25)15-16(26)13(29)4-5-19(15,2)21(11,24)14(23)8-20(10,3)22(9,31)17(30)18(27)28/h4-5,9-12,14,18,31H,6-8H2,1-3H3/t9?,10-,11-,12?,14?,19-,20-,21-,22-/m0/s1. The minimum atomic E-state index is -3.37. The zero-order chi connectivity index (χ0) is 23.3. The third-order valence-corrected chi connectivity index (χ3v) is 10.4. The van der Waals surface area contributed by atoms with E-state index in [1.165, 1.54) is 26.8 Å². The second kappa shape index (κ2) is 6.80. The predicted octanol–water partition coefficient (Wildman–Crippen LogP) is 4.93. The third kappa shape index (κ3) is 2.52. The molecule has 9 atom stereocenters. The lowest BCUT2D eigenvalue weighted by Gasteiger charge is -2.64. The maximum atomic E-state index is 15.4. The molecule has 9 heteroatoms. The first kappa shape index (κ1) is 23.2. The lowest BCUT2D eigenvalue weighted by atomic mass is 9.46. The van der Waals surface area contributed by atoms with Crippen molar-refractivity contribution in [3.05, 3.63) is 23.6 Å². The van der Waals surface area contributed by atoms with Gasteiger partial charge in [0.2, 0.25) is 11.6 Å². The van der Waals surface area contributed by atoms with Crippen LogP contribution in [-0.4, -0.2) is 45.1 Å². The normalized spacial score (nSPS) is 51.6. The van der Waals surface area contributed by atoms with E-state index in [1.54, 1.807) is 0 Å². The van der Waals surface area contributed by atoms with Crippen molar-refractivity contribution in [3.63, 3.8) is 0 Å². The van der Waals surface area contributed by atoms with Crippen LogP contribution in [0, 0.1) is 28.6 Å². The van der Waals surface area contributed by atoms with Gasteiger partial charge in [0.15, 0.2) is 5.83 Å². The summed E-state index contributed by atoms with van der Waals surface area (Å²) in [6.07, 6.45) is -3.01. The van der Waals surface area contributed by atoms with Gasteiger partial charge in [-0.1, -0.05) is 26.8 Å². The van der Waals surface area contributed by atoms with Crippen molar-refractivity contribution in [1.29, 1.82) is 0 Å². The number of rotatable bonds is 2. The van der Waals surface area contributed by atoms with E-state index in [0.29, 0.717) is 0 Å². The Morgan fingerprint density at radius 1 is 1.26 bits per heavy atom. The summed E-state index contributed by atoms with van der Waals surface area (Å²) in [4.78, 5) is 22.9. The second-order valence-corrected chi connectivity index (χ2v) is 11.1. The largest absolute Gasteiger partial charge is 0.381 e. The van der Waals surface area contributed by atoms with Gasteiger partial charge in [0, 0.05) is 16.4 Å². The number of carbonyl (C=O) groups excluding carboxylic acids is 2. The number of Topliss-reactive ketones (excluding diaryl/α,β-unsaturated/α-hetero) is 1. The molecule has 4 rings (SSSR count). The molecule has 4 aliphatic carbocycles. The Morgan fingerprint density at radius 2 is 1.87 bits per heavy atom. The van der Waals surface area contributed by atoms with Crippen LogP contribution in [-0.2, 0) is 9.59 Å². The van der Waals surface area contributed by atoms with Gasteiger partial charge in [0.25, 0.3) is 6.43 Å². The Hall–Kier alpha value is -0.920. The summed E-state index contributed by atoms with van der Waals surface area (Å²) < 4.78 is 57.0. The Labute approximate surface area is 187 Å². The molecule has 0 saturated heterocycles. The molecule has 0 amide bonds. The molecule has 0 aromatic rings. The van der Waals surface area contributed by atoms with Crippen molar-refractivity contribution in [1.82, 2.24) is 0 Å². The van der Waals surface area contributed by atoms with E-state index in [9.17, 15) is 27.9 Å². The molecule has 1 N–H and O–H groups in total. The summed E-state index contributed by atoms with van der Waals surface area (Å²) in [5.74, 6) is -5.86. The van der Waals surface area contributed by atoms with Gasteiger partial charge in [-0.25, -0.2) is 17.6 Å². The van der Waals surface area contributed by atoms with Crippen LogP contribution in [0.1, 0.15) is 40.0 Å². The molecule has 3 fully saturated rings. The first-order chi connectivity index (χ1) is 14.2. The number of allylic oxidation sites excluding steroid dienone is 4. The number of hydrogen-bond acceptors (Lipinski definition) is 3. The molecule has 0 heterocycles. The number of ketones is 2. The molecule has 3 nitrogen and oxygen atoms in total. The van der Waals surface area contributed by atoms with Crippen LogP contribution >= 0.6 is 23.2 Å². The fourth-order valence-corrected chi connectivity index (χ4v) is 8.45. The van der Waals surface area contributed by atoms with Gasteiger partial charge in [-0.2, -0.15) is 0 Å². The van der Waals surface area contributed by atoms with Crippen molar-refractivity contribution in [2.45, 2.75) is 68.5 Å². The zero-order valence-electron chi connectivity index (χ0n) is 17.3. The quantitative estimate of drug-likeness (QED) is 0.448. The van der Waals surface area contributed by atoms with Crippen molar-refractivity contribution >= 4 is 34.8 Å². The van der Waals surface area contributed by atoms with Crippen LogP contribution < -0.4 is 0 Å². The average Bonchev–Trinajstić information content (AvgIpc) is 2.88. The van der Waals surface area contributed by atoms with Gasteiger partial charge in [-0.05, 0) is 43.1 Å². The lowest BCUT2D eigenvalue weighted by Crippen LogP contribution is -2.69. The van der Waals surface area contributed by atoms with E-state index in [0.717, 1.165) is 6.08 Å². The third-order valence-electron chi connectivity index (χ3n) is 8.82. The predicted molar refractivity (Wildman–Crippen MR) is 108 cm³/mol. The summed E-state index contributed by atoms with van der Waals surface area (Å²) in [5, 5.41) is 10.3. The van der Waals surface area contributed by atoms with Gasteiger partial charge in [0.1, 0.15) is 11.8 Å². The fraction of sp³-hybridized carbons (Fsp3) is 0.727. The second-order valence-electron chi connectivity index (χ2n) is 9.97. The molecule has 0 aromatic heterocycles. The molecule has 0 radical (unpaired) electrons. The van der Waals surface area contributed by atoms with Crippen LogP contribution in [0.3, 0.4) is 0 Å². The molecule has 0 bridgehead atoms. The van der Waals surface area contributed by atoms with Gasteiger partial charge < -0.3 is 5.11 Å². The molecule has 172 valence electrons. The molecule has 0 aliphatic heterocycles. The zero-order valence-corrected chi connectivity index (χ0v) is 18.8. The summed E-state index contributed by atoms with van der Waals surface area (Å²) in [5.41, 5.74) is -5.48. The fourth-order valence-electron chi connectivity index (χ4n) is 7.26. The number of hydrogen-bond donors (Lipinski definition) is 1. The van der Waals surface area contributed by atoms with E-state index in [2.05, 4.69) is 0 Å².